The summed E-state index contributed by atoms with van der Waals surface area (Å²) in [4.78, 5) is 23.1. The molecule has 0 aliphatic carbocycles. The molecule has 0 aromatic heterocycles. The van der Waals surface area contributed by atoms with Crippen LogP contribution in [0, 0.1) is 17.0 Å². The number of anilines is 2. The summed E-state index contributed by atoms with van der Waals surface area (Å²) in [5.41, 5.74) is 3.60. The largest absolute Gasteiger partial charge is 0.326 e. The van der Waals surface area contributed by atoms with Gasteiger partial charge in [-0.15, -0.1) is 0 Å². The molecule has 0 aliphatic rings. The number of hydrogen-bond donors (Lipinski definition) is 1. The predicted octanol–water partition coefficient (Wildman–Crippen LogP) is 4.21. The summed E-state index contributed by atoms with van der Waals surface area (Å²) < 4.78 is 25.8. The zero-order chi connectivity index (χ0) is 23.2. The summed E-state index contributed by atoms with van der Waals surface area (Å²) in [5, 5.41) is 14.1. The molecule has 0 saturated heterocycles. The lowest BCUT2D eigenvalue weighted by molar-refractivity contribution is -0.384. The first kappa shape index (κ1) is 24.3. The molecule has 168 valence electrons. The van der Waals surface area contributed by atoms with Crippen LogP contribution in [0.25, 0.3) is 0 Å². The highest BCUT2D eigenvalue weighted by molar-refractivity contribution is 7.92. The molecule has 0 aliphatic heterocycles. The Morgan fingerprint density at radius 3 is 2.26 bits per heavy atom. The number of benzene rings is 2. The molecule has 0 saturated carbocycles. The van der Waals surface area contributed by atoms with Crippen LogP contribution in [0.5, 0.6) is 0 Å². The average Bonchev–Trinajstić information content (AvgIpc) is 2.71. The first-order valence-corrected chi connectivity index (χ1v) is 12.1. The Balaban J connectivity index is 2.14. The lowest BCUT2D eigenvalue weighted by Gasteiger charge is -2.24. The van der Waals surface area contributed by atoms with Crippen molar-refractivity contribution in [2.24, 2.45) is 0 Å². The van der Waals surface area contributed by atoms with Crippen LogP contribution in [-0.4, -0.2) is 32.0 Å². The Morgan fingerprint density at radius 1 is 1.13 bits per heavy atom. The molecule has 8 nitrogen and oxygen atoms in total. The lowest BCUT2D eigenvalue weighted by Crippen LogP contribution is -2.32. The fourth-order valence-corrected chi connectivity index (χ4v) is 4.45. The van der Waals surface area contributed by atoms with Crippen LogP contribution in [-0.2, 0) is 27.7 Å². The van der Waals surface area contributed by atoms with Crippen molar-refractivity contribution in [3.63, 3.8) is 0 Å². The number of rotatable bonds is 10. The second-order valence-electron chi connectivity index (χ2n) is 7.37. The molecule has 0 heterocycles. The normalized spacial score (nSPS) is 11.2. The van der Waals surface area contributed by atoms with E-state index in [0.717, 1.165) is 40.2 Å². The van der Waals surface area contributed by atoms with E-state index in [-0.39, 0.29) is 36.7 Å². The van der Waals surface area contributed by atoms with Crippen LogP contribution in [0.3, 0.4) is 0 Å². The van der Waals surface area contributed by atoms with E-state index in [2.05, 4.69) is 5.32 Å². The first-order chi connectivity index (χ1) is 14.6. The molecule has 0 atom stereocenters. The summed E-state index contributed by atoms with van der Waals surface area (Å²) in [6, 6.07) is 10.0. The van der Waals surface area contributed by atoms with Gasteiger partial charge in [0.2, 0.25) is 15.9 Å². The van der Waals surface area contributed by atoms with E-state index in [1.165, 1.54) is 18.2 Å². The van der Waals surface area contributed by atoms with E-state index in [1.807, 2.05) is 32.0 Å². The molecule has 0 spiro atoms. The van der Waals surface area contributed by atoms with Crippen molar-refractivity contribution in [3.8, 4) is 0 Å². The number of hydrogen-bond acceptors (Lipinski definition) is 5. The molecular weight excluding hydrogens is 418 g/mol. The number of carbonyl (C=O) groups excluding carboxylic acids is 1. The van der Waals surface area contributed by atoms with Crippen molar-refractivity contribution in [2.75, 3.05) is 22.4 Å². The fraction of sp³-hybridized carbons (Fsp3) is 0.409. The monoisotopic (exact) mass is 447 g/mol. The molecule has 0 radical (unpaired) electrons. The van der Waals surface area contributed by atoms with E-state index in [0.29, 0.717) is 5.56 Å². The second kappa shape index (κ2) is 10.4. The van der Waals surface area contributed by atoms with Gasteiger partial charge in [-0.25, -0.2) is 8.42 Å². The number of amides is 1. The third-order valence-electron chi connectivity index (χ3n) is 5.10. The Bertz CT molecular complexity index is 1040. The zero-order valence-corrected chi connectivity index (χ0v) is 19.2. The summed E-state index contributed by atoms with van der Waals surface area (Å²) in [7, 11) is -3.68. The number of nitrogens with one attached hydrogen (secondary N) is 1. The van der Waals surface area contributed by atoms with Gasteiger partial charge in [-0.05, 0) is 42.9 Å². The van der Waals surface area contributed by atoms with Gasteiger partial charge >= 0.3 is 0 Å². The number of sulfonamides is 1. The maximum absolute atomic E-state index is 12.6. The van der Waals surface area contributed by atoms with E-state index < -0.39 is 14.9 Å². The fourth-order valence-electron chi connectivity index (χ4n) is 3.43. The van der Waals surface area contributed by atoms with Gasteiger partial charge in [0.25, 0.3) is 5.69 Å². The molecule has 0 unspecified atom stereocenters. The number of non-ortho nitro benzene ring substituents is 1. The second-order valence-corrected chi connectivity index (χ2v) is 9.28. The molecule has 31 heavy (non-hydrogen) atoms. The number of para-hydroxylation sites is 1. The van der Waals surface area contributed by atoms with Gasteiger partial charge in [0.05, 0.1) is 16.9 Å². The zero-order valence-electron chi connectivity index (χ0n) is 18.3. The molecular formula is C22H29N3O5S. The molecule has 2 aromatic carbocycles. The molecule has 0 bridgehead atoms. The van der Waals surface area contributed by atoms with Gasteiger partial charge in [-0.3, -0.25) is 19.2 Å². The van der Waals surface area contributed by atoms with Crippen molar-refractivity contribution >= 4 is 33.0 Å². The Kier molecular flexibility index (Phi) is 8.15. The van der Waals surface area contributed by atoms with Crippen molar-refractivity contribution < 1.29 is 18.1 Å². The van der Waals surface area contributed by atoms with Gasteiger partial charge in [-0.1, -0.05) is 38.1 Å². The number of carbonyl (C=O) groups is 1. The molecule has 2 aromatic rings. The van der Waals surface area contributed by atoms with Gasteiger partial charge in [0.15, 0.2) is 0 Å². The van der Waals surface area contributed by atoms with Crippen LogP contribution in [0.4, 0.5) is 17.1 Å². The molecule has 9 heteroatoms. The van der Waals surface area contributed by atoms with Crippen LogP contribution in [0.1, 0.15) is 43.4 Å². The summed E-state index contributed by atoms with van der Waals surface area (Å²) in [5.74, 6) is -0.195. The summed E-state index contributed by atoms with van der Waals surface area (Å²) in [6.45, 7) is 5.79. The predicted molar refractivity (Wildman–Crippen MR) is 123 cm³/mol. The van der Waals surface area contributed by atoms with E-state index in [9.17, 15) is 23.3 Å². The maximum Gasteiger partial charge on any atom is 0.271 e. The molecule has 2 rings (SSSR count). The first-order valence-electron chi connectivity index (χ1n) is 10.2. The number of nitrogens with zero attached hydrogens (tertiary/aromatic N) is 2. The smallest absolute Gasteiger partial charge is 0.271 e. The van der Waals surface area contributed by atoms with Gasteiger partial charge in [0.1, 0.15) is 0 Å². The molecule has 1 N–H and O–H groups in total. The highest BCUT2D eigenvalue weighted by Crippen LogP contribution is 2.28. The highest BCUT2D eigenvalue weighted by atomic mass is 32.2. The van der Waals surface area contributed by atoms with E-state index in [4.69, 9.17) is 0 Å². The van der Waals surface area contributed by atoms with Crippen molar-refractivity contribution in [2.45, 2.75) is 46.5 Å². The van der Waals surface area contributed by atoms with Crippen molar-refractivity contribution in [1.29, 1.82) is 0 Å². The van der Waals surface area contributed by atoms with Crippen LogP contribution in [0.15, 0.2) is 36.4 Å². The Labute approximate surface area is 183 Å². The lowest BCUT2D eigenvalue weighted by atomic mass is 10.0. The van der Waals surface area contributed by atoms with Gasteiger partial charge in [-0.2, -0.15) is 0 Å². The third kappa shape index (κ3) is 6.27. The SMILES string of the molecule is CCc1cccc(CC)c1NC(=O)CCCN(c1cc([N+](=O)[O-])ccc1C)S(C)(=O)=O. The van der Waals surface area contributed by atoms with Crippen LogP contribution in [0.2, 0.25) is 0 Å². The van der Waals surface area contributed by atoms with Crippen molar-refractivity contribution in [3.05, 3.63) is 63.2 Å². The Morgan fingerprint density at radius 2 is 1.74 bits per heavy atom. The highest BCUT2D eigenvalue weighted by Gasteiger charge is 2.22. The summed E-state index contributed by atoms with van der Waals surface area (Å²) >= 11 is 0. The Hall–Kier alpha value is -2.94. The quantitative estimate of drug-likeness (QED) is 0.433. The van der Waals surface area contributed by atoms with Gasteiger partial charge < -0.3 is 5.32 Å². The average molecular weight is 448 g/mol. The number of nitro groups is 1. The van der Waals surface area contributed by atoms with Crippen molar-refractivity contribution in [1.82, 2.24) is 0 Å². The summed E-state index contributed by atoms with van der Waals surface area (Å²) in [6.07, 6.45) is 3.03. The topological polar surface area (TPSA) is 110 Å². The number of nitro benzene ring substituents is 1. The third-order valence-corrected chi connectivity index (χ3v) is 6.28. The van der Waals surface area contributed by atoms with E-state index >= 15 is 0 Å². The minimum atomic E-state index is -3.68. The van der Waals surface area contributed by atoms with Gasteiger partial charge in [0, 0.05) is 30.8 Å². The van der Waals surface area contributed by atoms with E-state index in [1.54, 1.807) is 6.92 Å². The molecule has 1 amide bonds. The number of aryl methyl sites for hydroxylation is 3. The van der Waals surface area contributed by atoms with Crippen LogP contribution >= 0.6 is 0 Å². The minimum Gasteiger partial charge on any atom is -0.326 e. The van der Waals surface area contributed by atoms with Crippen LogP contribution < -0.4 is 9.62 Å². The standard InChI is InChI=1S/C22H29N3O5S/c1-5-17-9-7-10-18(6-2)22(17)23-21(26)11-8-14-24(31(4,29)30)20-15-19(25(27)28)13-12-16(20)3/h7,9-10,12-13,15H,5-6,8,11,14H2,1-4H3,(H,23,26). The molecule has 0 fully saturated rings. The maximum atomic E-state index is 12.6. The minimum absolute atomic E-state index is 0.0460.